The zero-order valence-corrected chi connectivity index (χ0v) is 9.79. The third kappa shape index (κ3) is 3.56. The highest BCUT2D eigenvalue weighted by atomic mass is 35.5. The highest BCUT2D eigenvalue weighted by Gasteiger charge is 2.10. The van der Waals surface area contributed by atoms with Crippen molar-refractivity contribution in [2.75, 3.05) is 5.88 Å². The standard InChI is InChI=1S/C12H13ClN2O/c1-9(6-13)12(16)15-8-11-4-2-3-10(5-11)7-14/h2-5,9H,6,8H2,1H3,(H,15,16). The van der Waals surface area contributed by atoms with Gasteiger partial charge in [-0.05, 0) is 17.7 Å². The molecule has 1 N–H and O–H groups in total. The minimum absolute atomic E-state index is 0.0719. The summed E-state index contributed by atoms with van der Waals surface area (Å²) < 4.78 is 0. The van der Waals surface area contributed by atoms with Gasteiger partial charge in [0.25, 0.3) is 0 Å². The van der Waals surface area contributed by atoms with Crippen LogP contribution in [0.3, 0.4) is 0 Å². The molecule has 0 aliphatic carbocycles. The van der Waals surface area contributed by atoms with Crippen LogP contribution in [0.25, 0.3) is 0 Å². The van der Waals surface area contributed by atoms with Crippen LogP contribution in [-0.4, -0.2) is 11.8 Å². The quantitative estimate of drug-likeness (QED) is 0.814. The van der Waals surface area contributed by atoms with Crippen molar-refractivity contribution in [3.8, 4) is 6.07 Å². The van der Waals surface area contributed by atoms with Crippen LogP contribution in [0.1, 0.15) is 18.1 Å². The van der Waals surface area contributed by atoms with E-state index in [4.69, 9.17) is 16.9 Å². The molecular weight excluding hydrogens is 224 g/mol. The molecule has 0 aliphatic rings. The Morgan fingerprint density at radius 2 is 2.38 bits per heavy atom. The maximum absolute atomic E-state index is 11.4. The Hall–Kier alpha value is -1.53. The number of halogens is 1. The van der Waals surface area contributed by atoms with Crippen LogP contribution in [0.4, 0.5) is 0 Å². The monoisotopic (exact) mass is 236 g/mol. The Morgan fingerprint density at radius 3 is 3.00 bits per heavy atom. The number of rotatable bonds is 4. The van der Waals surface area contributed by atoms with Crippen LogP contribution in [0.2, 0.25) is 0 Å². The van der Waals surface area contributed by atoms with Crippen LogP contribution in [-0.2, 0) is 11.3 Å². The summed E-state index contributed by atoms with van der Waals surface area (Å²) in [5, 5.41) is 11.5. The van der Waals surface area contributed by atoms with Crippen molar-refractivity contribution in [3.05, 3.63) is 35.4 Å². The minimum atomic E-state index is -0.194. The van der Waals surface area contributed by atoms with Gasteiger partial charge >= 0.3 is 0 Å². The van der Waals surface area contributed by atoms with E-state index in [1.54, 1.807) is 25.1 Å². The Kier molecular flexibility index (Phi) is 4.81. The summed E-state index contributed by atoms with van der Waals surface area (Å²) in [4.78, 5) is 11.4. The van der Waals surface area contributed by atoms with E-state index in [0.717, 1.165) is 5.56 Å². The van der Waals surface area contributed by atoms with Crippen molar-refractivity contribution in [3.63, 3.8) is 0 Å². The molecule has 0 saturated heterocycles. The molecule has 84 valence electrons. The number of hydrogen-bond donors (Lipinski definition) is 1. The van der Waals surface area contributed by atoms with Crippen LogP contribution < -0.4 is 5.32 Å². The highest BCUT2D eigenvalue weighted by molar-refractivity contribution is 6.19. The first-order valence-electron chi connectivity index (χ1n) is 5.00. The summed E-state index contributed by atoms with van der Waals surface area (Å²) >= 11 is 5.57. The van der Waals surface area contributed by atoms with E-state index in [1.165, 1.54) is 0 Å². The Balaban J connectivity index is 2.55. The predicted octanol–water partition coefficient (Wildman–Crippen LogP) is 2.05. The molecular formula is C12H13ClN2O. The second kappa shape index (κ2) is 6.14. The van der Waals surface area contributed by atoms with E-state index in [1.807, 2.05) is 6.07 Å². The predicted molar refractivity (Wildman–Crippen MR) is 62.9 cm³/mol. The Morgan fingerprint density at radius 1 is 1.62 bits per heavy atom. The van der Waals surface area contributed by atoms with Crippen molar-refractivity contribution < 1.29 is 4.79 Å². The van der Waals surface area contributed by atoms with Crippen LogP contribution in [0, 0.1) is 17.2 Å². The summed E-state index contributed by atoms with van der Waals surface area (Å²) in [6.07, 6.45) is 0. The molecule has 0 bridgehead atoms. The van der Waals surface area contributed by atoms with Gasteiger partial charge in [-0.15, -0.1) is 11.6 Å². The van der Waals surface area contributed by atoms with Crippen molar-refractivity contribution in [2.45, 2.75) is 13.5 Å². The first-order chi connectivity index (χ1) is 7.67. The molecule has 1 unspecified atom stereocenters. The zero-order valence-electron chi connectivity index (χ0n) is 9.03. The highest BCUT2D eigenvalue weighted by Crippen LogP contribution is 2.04. The Labute approximate surface area is 100 Å². The Bertz CT molecular complexity index is 412. The van der Waals surface area contributed by atoms with Gasteiger partial charge in [0.1, 0.15) is 0 Å². The third-order valence-electron chi connectivity index (χ3n) is 2.20. The molecule has 0 fully saturated rings. The van der Waals surface area contributed by atoms with Gasteiger partial charge in [-0.1, -0.05) is 19.1 Å². The fourth-order valence-electron chi connectivity index (χ4n) is 1.18. The summed E-state index contributed by atoms with van der Waals surface area (Å²) in [6, 6.07) is 9.20. The lowest BCUT2D eigenvalue weighted by molar-refractivity contribution is -0.124. The fraction of sp³-hybridized carbons (Fsp3) is 0.333. The maximum Gasteiger partial charge on any atom is 0.224 e. The zero-order chi connectivity index (χ0) is 12.0. The molecule has 1 aromatic carbocycles. The number of nitrogens with one attached hydrogen (secondary N) is 1. The molecule has 1 aromatic rings. The van der Waals surface area contributed by atoms with Gasteiger partial charge in [0.15, 0.2) is 0 Å². The molecule has 0 radical (unpaired) electrons. The number of alkyl halides is 1. The average molecular weight is 237 g/mol. The SMILES string of the molecule is CC(CCl)C(=O)NCc1cccc(C#N)c1. The number of hydrogen-bond acceptors (Lipinski definition) is 2. The molecule has 3 nitrogen and oxygen atoms in total. The van der Waals surface area contributed by atoms with Crippen LogP contribution in [0.15, 0.2) is 24.3 Å². The van der Waals surface area contributed by atoms with E-state index < -0.39 is 0 Å². The molecule has 1 atom stereocenters. The van der Waals surface area contributed by atoms with Crippen molar-refractivity contribution in [1.29, 1.82) is 5.26 Å². The van der Waals surface area contributed by atoms with Gasteiger partial charge in [0.05, 0.1) is 11.6 Å². The second-order valence-electron chi connectivity index (χ2n) is 3.59. The molecule has 4 heteroatoms. The molecule has 1 amide bonds. The summed E-state index contributed by atoms with van der Waals surface area (Å²) in [7, 11) is 0. The van der Waals surface area contributed by atoms with Crippen molar-refractivity contribution in [1.82, 2.24) is 5.32 Å². The van der Waals surface area contributed by atoms with Gasteiger partial charge in [-0.25, -0.2) is 0 Å². The van der Waals surface area contributed by atoms with Crippen molar-refractivity contribution in [2.24, 2.45) is 5.92 Å². The molecule has 1 rings (SSSR count). The normalized spacial score (nSPS) is 11.6. The number of carbonyl (C=O) groups is 1. The third-order valence-corrected chi connectivity index (χ3v) is 2.66. The van der Waals surface area contributed by atoms with Crippen LogP contribution in [0.5, 0.6) is 0 Å². The first kappa shape index (κ1) is 12.5. The minimum Gasteiger partial charge on any atom is -0.352 e. The topological polar surface area (TPSA) is 52.9 Å². The average Bonchev–Trinajstić information content (AvgIpc) is 2.35. The van der Waals surface area contributed by atoms with Gasteiger partial charge in [-0.3, -0.25) is 4.79 Å². The first-order valence-corrected chi connectivity index (χ1v) is 5.53. The number of amides is 1. The summed E-state index contributed by atoms with van der Waals surface area (Å²) in [5.74, 6) is 0.0440. The van der Waals surface area contributed by atoms with E-state index in [2.05, 4.69) is 11.4 Å². The van der Waals surface area contributed by atoms with Crippen molar-refractivity contribution >= 4 is 17.5 Å². The van der Waals surface area contributed by atoms with E-state index in [-0.39, 0.29) is 11.8 Å². The maximum atomic E-state index is 11.4. The number of carbonyl (C=O) groups excluding carboxylic acids is 1. The molecule has 0 spiro atoms. The number of nitriles is 1. The van der Waals surface area contributed by atoms with E-state index in [9.17, 15) is 4.79 Å². The summed E-state index contributed by atoms with van der Waals surface area (Å²) in [6.45, 7) is 2.20. The van der Waals surface area contributed by atoms with Crippen LogP contribution >= 0.6 is 11.6 Å². The molecule has 0 heterocycles. The lowest BCUT2D eigenvalue weighted by Crippen LogP contribution is -2.29. The van der Waals surface area contributed by atoms with Gasteiger partial charge in [-0.2, -0.15) is 5.26 Å². The lowest BCUT2D eigenvalue weighted by Gasteiger charge is -2.09. The van der Waals surface area contributed by atoms with Gasteiger partial charge < -0.3 is 5.32 Å². The molecule has 0 saturated carbocycles. The number of nitrogens with zero attached hydrogens (tertiary/aromatic N) is 1. The smallest absolute Gasteiger partial charge is 0.224 e. The molecule has 0 aromatic heterocycles. The molecule has 0 aliphatic heterocycles. The fourth-order valence-corrected chi connectivity index (χ4v) is 1.32. The number of benzene rings is 1. The van der Waals surface area contributed by atoms with Gasteiger partial charge in [0, 0.05) is 18.3 Å². The lowest BCUT2D eigenvalue weighted by atomic mass is 10.1. The summed E-state index contributed by atoms with van der Waals surface area (Å²) in [5.41, 5.74) is 1.51. The van der Waals surface area contributed by atoms with E-state index >= 15 is 0 Å². The second-order valence-corrected chi connectivity index (χ2v) is 3.89. The molecule has 16 heavy (non-hydrogen) atoms. The van der Waals surface area contributed by atoms with Gasteiger partial charge in [0.2, 0.25) is 5.91 Å². The van der Waals surface area contributed by atoms with E-state index in [0.29, 0.717) is 18.0 Å². The largest absolute Gasteiger partial charge is 0.352 e.